The van der Waals surface area contributed by atoms with Crippen molar-refractivity contribution in [1.29, 1.82) is 0 Å². The molecule has 1 aromatic carbocycles. The Morgan fingerprint density at radius 1 is 1.56 bits per heavy atom. The van der Waals surface area contributed by atoms with Crippen molar-refractivity contribution in [3.8, 4) is 5.75 Å². The molecule has 18 heavy (non-hydrogen) atoms. The van der Waals surface area contributed by atoms with E-state index in [0.29, 0.717) is 17.7 Å². The SMILES string of the molecule is CC12CC(NC(=O)N1)c1cc([N+](=O)[O-])ccc1O2. The quantitative estimate of drug-likeness (QED) is 0.581. The molecule has 2 heterocycles. The fraction of sp³-hybridized carbons (Fsp3) is 0.364. The van der Waals surface area contributed by atoms with Crippen molar-refractivity contribution in [2.75, 3.05) is 0 Å². The molecule has 7 heteroatoms. The first-order valence-electron chi connectivity index (χ1n) is 5.53. The first-order chi connectivity index (χ1) is 8.47. The molecule has 3 rings (SSSR count). The van der Waals surface area contributed by atoms with Crippen LogP contribution in [0.3, 0.4) is 0 Å². The summed E-state index contributed by atoms with van der Waals surface area (Å²) in [6.07, 6.45) is 0.535. The van der Waals surface area contributed by atoms with Gasteiger partial charge in [0, 0.05) is 24.1 Å². The summed E-state index contributed by atoms with van der Waals surface area (Å²) in [4.78, 5) is 21.8. The van der Waals surface area contributed by atoms with Gasteiger partial charge in [0.25, 0.3) is 5.69 Å². The van der Waals surface area contributed by atoms with Gasteiger partial charge in [0.2, 0.25) is 0 Å². The van der Waals surface area contributed by atoms with Crippen LogP contribution in [0.1, 0.15) is 24.9 Å². The molecule has 1 fully saturated rings. The van der Waals surface area contributed by atoms with Crippen LogP contribution in [-0.2, 0) is 0 Å². The van der Waals surface area contributed by atoms with E-state index < -0.39 is 10.6 Å². The van der Waals surface area contributed by atoms with E-state index in [1.165, 1.54) is 12.1 Å². The van der Waals surface area contributed by atoms with Gasteiger partial charge in [0.05, 0.1) is 11.0 Å². The van der Waals surface area contributed by atoms with Gasteiger partial charge in [0.15, 0.2) is 5.72 Å². The summed E-state index contributed by atoms with van der Waals surface area (Å²) >= 11 is 0. The lowest BCUT2D eigenvalue weighted by Crippen LogP contribution is -2.62. The summed E-state index contributed by atoms with van der Waals surface area (Å²) in [5.41, 5.74) is -0.110. The van der Waals surface area contributed by atoms with E-state index in [1.54, 1.807) is 13.0 Å². The zero-order valence-electron chi connectivity index (χ0n) is 9.60. The number of nitrogens with zero attached hydrogens (tertiary/aromatic N) is 1. The Bertz CT molecular complexity index is 559. The lowest BCUT2D eigenvalue weighted by Gasteiger charge is -2.44. The fourth-order valence-corrected chi connectivity index (χ4v) is 2.44. The summed E-state index contributed by atoms with van der Waals surface area (Å²) < 4.78 is 5.70. The van der Waals surface area contributed by atoms with Gasteiger partial charge >= 0.3 is 6.03 Å². The molecule has 2 bridgehead atoms. The van der Waals surface area contributed by atoms with Gasteiger partial charge in [-0.1, -0.05) is 0 Å². The second kappa shape index (κ2) is 3.34. The van der Waals surface area contributed by atoms with E-state index in [9.17, 15) is 14.9 Å². The first-order valence-corrected chi connectivity index (χ1v) is 5.53. The molecule has 0 spiro atoms. The van der Waals surface area contributed by atoms with Gasteiger partial charge in [-0.3, -0.25) is 10.1 Å². The van der Waals surface area contributed by atoms with Crippen molar-refractivity contribution in [2.24, 2.45) is 0 Å². The third-order valence-electron chi connectivity index (χ3n) is 3.19. The highest BCUT2D eigenvalue weighted by Gasteiger charge is 2.43. The topological polar surface area (TPSA) is 93.5 Å². The zero-order chi connectivity index (χ0) is 12.9. The smallest absolute Gasteiger partial charge is 0.318 e. The zero-order valence-corrected chi connectivity index (χ0v) is 9.60. The summed E-state index contributed by atoms with van der Waals surface area (Å²) in [7, 11) is 0. The van der Waals surface area contributed by atoms with Crippen LogP contribution in [0.5, 0.6) is 5.75 Å². The van der Waals surface area contributed by atoms with Crippen molar-refractivity contribution in [3.63, 3.8) is 0 Å². The van der Waals surface area contributed by atoms with Crippen molar-refractivity contribution < 1.29 is 14.5 Å². The van der Waals surface area contributed by atoms with Crippen LogP contribution in [0.2, 0.25) is 0 Å². The third-order valence-corrected chi connectivity index (χ3v) is 3.19. The van der Waals surface area contributed by atoms with E-state index in [2.05, 4.69) is 10.6 Å². The Labute approximate surface area is 102 Å². The van der Waals surface area contributed by atoms with Crippen LogP contribution in [0, 0.1) is 10.1 Å². The molecular weight excluding hydrogens is 238 g/mol. The number of carbonyl (C=O) groups is 1. The van der Waals surface area contributed by atoms with Crippen LogP contribution in [0.4, 0.5) is 10.5 Å². The average molecular weight is 249 g/mol. The average Bonchev–Trinajstić information content (AvgIpc) is 2.26. The molecule has 2 amide bonds. The van der Waals surface area contributed by atoms with Crippen molar-refractivity contribution in [2.45, 2.75) is 25.1 Å². The van der Waals surface area contributed by atoms with Gasteiger partial charge in [-0.2, -0.15) is 0 Å². The minimum Gasteiger partial charge on any atom is -0.468 e. The molecule has 2 aliphatic heterocycles. The number of non-ortho nitro benzene ring substituents is 1. The Kier molecular flexibility index (Phi) is 2.01. The molecule has 2 aliphatic rings. The molecule has 0 radical (unpaired) electrons. The number of rotatable bonds is 1. The standard InChI is InChI=1S/C11H11N3O4/c1-11-5-8(12-10(15)13-11)7-4-6(14(16)17)2-3-9(7)18-11/h2-4,8H,5H2,1H3,(H2,12,13,15). The number of hydrogen-bond acceptors (Lipinski definition) is 4. The van der Waals surface area contributed by atoms with Crippen LogP contribution in [-0.4, -0.2) is 16.7 Å². The van der Waals surface area contributed by atoms with Gasteiger partial charge in [-0.15, -0.1) is 0 Å². The van der Waals surface area contributed by atoms with Crippen LogP contribution in [0.15, 0.2) is 18.2 Å². The number of urea groups is 1. The molecule has 0 aromatic heterocycles. The Morgan fingerprint density at radius 3 is 3.06 bits per heavy atom. The van der Waals surface area contributed by atoms with Crippen molar-refractivity contribution >= 4 is 11.7 Å². The van der Waals surface area contributed by atoms with E-state index in [-0.39, 0.29) is 17.8 Å². The third kappa shape index (κ3) is 1.55. The number of amides is 2. The number of carbonyl (C=O) groups excluding carboxylic acids is 1. The normalized spacial score (nSPS) is 28.5. The van der Waals surface area contributed by atoms with E-state index in [0.717, 1.165) is 0 Å². The first kappa shape index (κ1) is 10.8. The molecule has 2 N–H and O–H groups in total. The van der Waals surface area contributed by atoms with Crippen molar-refractivity contribution in [3.05, 3.63) is 33.9 Å². The van der Waals surface area contributed by atoms with Gasteiger partial charge in [0.1, 0.15) is 5.75 Å². The largest absolute Gasteiger partial charge is 0.468 e. The van der Waals surface area contributed by atoms with Crippen LogP contribution < -0.4 is 15.4 Å². The maximum atomic E-state index is 11.5. The predicted molar refractivity (Wildman–Crippen MR) is 61.2 cm³/mol. The maximum Gasteiger partial charge on any atom is 0.318 e. The highest BCUT2D eigenvalue weighted by molar-refractivity contribution is 5.77. The Morgan fingerprint density at radius 2 is 2.33 bits per heavy atom. The number of ether oxygens (including phenoxy) is 1. The molecule has 1 saturated heterocycles. The van der Waals surface area contributed by atoms with Crippen LogP contribution in [0.25, 0.3) is 0 Å². The molecular formula is C11H11N3O4. The summed E-state index contributed by atoms with van der Waals surface area (Å²) in [5.74, 6) is 0.562. The summed E-state index contributed by atoms with van der Waals surface area (Å²) in [6.45, 7) is 1.78. The number of nitrogens with one attached hydrogen (secondary N) is 2. The Balaban J connectivity index is 2.08. The second-order valence-corrected chi connectivity index (χ2v) is 4.67. The number of fused-ring (bicyclic) bond motifs is 4. The highest BCUT2D eigenvalue weighted by atomic mass is 16.6. The number of nitro benzene ring substituents is 1. The number of nitro groups is 1. The van der Waals surface area contributed by atoms with Gasteiger partial charge < -0.3 is 15.4 Å². The lowest BCUT2D eigenvalue weighted by atomic mass is 9.91. The van der Waals surface area contributed by atoms with Crippen LogP contribution >= 0.6 is 0 Å². The molecule has 0 aliphatic carbocycles. The summed E-state index contributed by atoms with van der Waals surface area (Å²) in [6, 6.07) is 3.83. The lowest BCUT2D eigenvalue weighted by molar-refractivity contribution is -0.385. The number of benzene rings is 1. The van der Waals surface area contributed by atoms with Gasteiger partial charge in [-0.25, -0.2) is 4.79 Å². The molecule has 94 valence electrons. The number of hydrogen-bond donors (Lipinski definition) is 2. The second-order valence-electron chi connectivity index (χ2n) is 4.67. The summed E-state index contributed by atoms with van der Waals surface area (Å²) in [5, 5.41) is 16.2. The monoisotopic (exact) mass is 249 g/mol. The predicted octanol–water partition coefficient (Wildman–Crippen LogP) is 1.45. The minimum absolute atomic E-state index is 0.00580. The molecule has 2 unspecified atom stereocenters. The van der Waals surface area contributed by atoms with Crippen molar-refractivity contribution in [1.82, 2.24) is 10.6 Å². The fourth-order valence-electron chi connectivity index (χ4n) is 2.44. The van der Waals surface area contributed by atoms with E-state index >= 15 is 0 Å². The molecule has 2 atom stereocenters. The molecule has 1 aromatic rings. The Hall–Kier alpha value is -2.31. The minimum atomic E-state index is -0.754. The maximum absolute atomic E-state index is 11.5. The van der Waals surface area contributed by atoms with Gasteiger partial charge in [-0.05, 0) is 13.0 Å². The van der Waals surface area contributed by atoms with E-state index in [1.807, 2.05) is 0 Å². The molecule has 7 nitrogen and oxygen atoms in total. The van der Waals surface area contributed by atoms with E-state index in [4.69, 9.17) is 4.74 Å². The highest BCUT2D eigenvalue weighted by Crippen LogP contribution is 2.41. The molecule has 0 saturated carbocycles.